The monoisotopic (exact) mass is 441 g/mol. The Morgan fingerprint density at radius 2 is 2.05 bits per heavy atom. The van der Waals surface area contributed by atoms with Crippen molar-refractivity contribution in [2.75, 3.05) is 0 Å². The Hall–Kier alpha value is -0.680. The van der Waals surface area contributed by atoms with E-state index in [2.05, 4.69) is 42.1 Å². The van der Waals surface area contributed by atoms with Crippen molar-refractivity contribution in [2.24, 2.45) is 7.05 Å². The molecule has 0 aliphatic rings. The number of rotatable bonds is 4. The predicted molar refractivity (Wildman–Crippen MR) is 82.9 cm³/mol. The Morgan fingerprint density at radius 3 is 2.55 bits per heavy atom. The van der Waals surface area contributed by atoms with E-state index in [-0.39, 0.29) is 4.21 Å². The zero-order valence-corrected chi connectivity index (χ0v) is 14.9. The molecule has 0 saturated heterocycles. The summed E-state index contributed by atoms with van der Waals surface area (Å²) in [6, 6.07) is 4.66. The van der Waals surface area contributed by atoms with Gasteiger partial charge in [-0.15, -0.1) is 16.2 Å². The Balaban J connectivity index is 2.09. The molecule has 0 aromatic carbocycles. The molecule has 20 heavy (non-hydrogen) atoms. The number of sulfonamides is 1. The van der Waals surface area contributed by atoms with Gasteiger partial charge < -0.3 is 4.57 Å². The zero-order chi connectivity index (χ0) is 14.9. The number of hydrogen-bond donors (Lipinski definition) is 2. The lowest BCUT2D eigenvalue weighted by molar-refractivity contribution is 0.0937. The summed E-state index contributed by atoms with van der Waals surface area (Å²) in [5, 5.41) is 0. The fourth-order valence-corrected chi connectivity index (χ4v) is 4.79. The van der Waals surface area contributed by atoms with E-state index in [0.717, 1.165) is 15.8 Å². The first-order valence-corrected chi connectivity index (χ1v) is 9.07. The number of aromatic nitrogens is 1. The molecule has 2 aromatic rings. The molecule has 2 N–H and O–H groups in total. The van der Waals surface area contributed by atoms with Crippen LogP contribution in [0.3, 0.4) is 0 Å². The van der Waals surface area contributed by atoms with Gasteiger partial charge in [-0.05, 0) is 50.1 Å². The summed E-state index contributed by atoms with van der Waals surface area (Å²) < 4.78 is 26.9. The molecule has 0 aliphatic carbocycles. The largest absolute Gasteiger partial charge is 0.345 e. The first-order valence-electron chi connectivity index (χ1n) is 5.19. The highest BCUT2D eigenvalue weighted by Gasteiger charge is 2.19. The smallest absolute Gasteiger partial charge is 0.282 e. The second-order valence-corrected chi connectivity index (χ2v) is 9.06. The minimum Gasteiger partial charge on any atom is -0.345 e. The highest BCUT2D eigenvalue weighted by Crippen LogP contribution is 2.25. The first-order chi connectivity index (χ1) is 9.29. The summed E-state index contributed by atoms with van der Waals surface area (Å²) in [6.45, 7) is 0. The van der Waals surface area contributed by atoms with Crippen molar-refractivity contribution in [1.29, 1.82) is 0 Å². The first kappa shape index (κ1) is 15.7. The lowest BCUT2D eigenvalue weighted by Crippen LogP contribution is -2.41. The van der Waals surface area contributed by atoms with Crippen molar-refractivity contribution in [1.82, 2.24) is 14.8 Å². The third kappa shape index (κ3) is 3.50. The van der Waals surface area contributed by atoms with Crippen LogP contribution < -0.4 is 10.3 Å². The minimum atomic E-state index is -3.76. The molecule has 0 aliphatic heterocycles. The van der Waals surface area contributed by atoms with Crippen molar-refractivity contribution in [3.8, 4) is 0 Å². The lowest BCUT2D eigenvalue weighted by Gasteiger charge is -2.07. The Kier molecular flexibility index (Phi) is 4.69. The van der Waals surface area contributed by atoms with Gasteiger partial charge in [0, 0.05) is 17.7 Å². The third-order valence-corrected chi connectivity index (χ3v) is 6.11. The fraction of sp³-hybridized carbons (Fsp3) is 0.100. The summed E-state index contributed by atoms with van der Waals surface area (Å²) in [5.41, 5.74) is 2.50. The van der Waals surface area contributed by atoms with Crippen LogP contribution in [0.1, 0.15) is 10.5 Å². The number of hydrogen-bond acceptors (Lipinski definition) is 4. The lowest BCUT2D eigenvalue weighted by atomic mass is 10.4. The second kappa shape index (κ2) is 5.98. The SMILES string of the molecule is Cn1cc(Br)cc1C(=O)NNS(=O)(=O)c1ccc(Br)s1. The zero-order valence-electron chi connectivity index (χ0n) is 10.1. The van der Waals surface area contributed by atoms with E-state index in [9.17, 15) is 13.2 Å². The molecule has 0 saturated carbocycles. The molecular formula is C10H9Br2N3O3S2. The molecule has 2 rings (SSSR count). The van der Waals surface area contributed by atoms with Gasteiger partial charge in [0.2, 0.25) is 0 Å². The number of thiophene rings is 1. The number of halogens is 2. The normalized spacial score (nSPS) is 11.6. The molecule has 6 nitrogen and oxygen atoms in total. The molecule has 108 valence electrons. The van der Waals surface area contributed by atoms with Gasteiger partial charge in [0.25, 0.3) is 15.9 Å². The average Bonchev–Trinajstić information content (AvgIpc) is 2.93. The van der Waals surface area contributed by atoms with Crippen LogP contribution in [0.15, 0.2) is 36.9 Å². The average molecular weight is 443 g/mol. The van der Waals surface area contributed by atoms with Crippen LogP contribution in [0.2, 0.25) is 0 Å². The standard InChI is InChI=1S/C10H9Br2N3O3S2/c1-15-5-6(11)4-7(15)10(16)13-14-20(17,18)9-3-2-8(12)19-9/h2-5,14H,1H3,(H,13,16). The van der Waals surface area contributed by atoms with Crippen LogP contribution in [-0.4, -0.2) is 18.9 Å². The van der Waals surface area contributed by atoms with E-state index in [0.29, 0.717) is 9.48 Å². The minimum absolute atomic E-state index is 0.109. The molecule has 0 spiro atoms. The molecule has 0 fully saturated rings. The number of carbonyl (C=O) groups is 1. The Labute approximate surface area is 136 Å². The summed E-state index contributed by atoms with van der Waals surface area (Å²) >= 11 is 7.47. The van der Waals surface area contributed by atoms with Gasteiger partial charge in [-0.3, -0.25) is 10.2 Å². The van der Waals surface area contributed by atoms with Crippen molar-refractivity contribution >= 4 is 59.1 Å². The molecular weight excluding hydrogens is 434 g/mol. The summed E-state index contributed by atoms with van der Waals surface area (Å²) in [6.07, 6.45) is 1.69. The quantitative estimate of drug-likeness (QED) is 0.712. The summed E-state index contributed by atoms with van der Waals surface area (Å²) in [5.74, 6) is -0.544. The number of carbonyl (C=O) groups excluding carboxylic acids is 1. The van der Waals surface area contributed by atoms with Crippen LogP contribution in [0.4, 0.5) is 0 Å². The Bertz CT molecular complexity index is 752. The maximum Gasteiger partial charge on any atom is 0.282 e. The van der Waals surface area contributed by atoms with Crippen molar-refractivity contribution < 1.29 is 13.2 Å². The van der Waals surface area contributed by atoms with E-state index < -0.39 is 15.9 Å². The molecule has 2 heterocycles. The summed E-state index contributed by atoms with van der Waals surface area (Å²) in [7, 11) is -2.08. The van der Waals surface area contributed by atoms with Crippen LogP contribution in [0.25, 0.3) is 0 Å². The van der Waals surface area contributed by atoms with Crippen molar-refractivity contribution in [2.45, 2.75) is 4.21 Å². The molecule has 1 amide bonds. The van der Waals surface area contributed by atoms with Crippen LogP contribution >= 0.6 is 43.2 Å². The number of nitrogens with one attached hydrogen (secondary N) is 2. The van der Waals surface area contributed by atoms with Gasteiger partial charge >= 0.3 is 0 Å². The van der Waals surface area contributed by atoms with Gasteiger partial charge in [0.05, 0.1) is 3.79 Å². The van der Waals surface area contributed by atoms with Gasteiger partial charge in [-0.2, -0.15) is 0 Å². The van der Waals surface area contributed by atoms with Gasteiger partial charge in [0.1, 0.15) is 9.90 Å². The molecule has 0 unspecified atom stereocenters. The maximum absolute atomic E-state index is 11.9. The molecule has 0 atom stereocenters. The highest BCUT2D eigenvalue weighted by atomic mass is 79.9. The van der Waals surface area contributed by atoms with Crippen LogP contribution in [0, 0.1) is 0 Å². The van der Waals surface area contributed by atoms with Gasteiger partial charge in [-0.25, -0.2) is 8.42 Å². The number of nitrogens with zero attached hydrogens (tertiary/aromatic N) is 1. The van der Waals surface area contributed by atoms with Gasteiger partial charge in [-0.1, -0.05) is 0 Å². The molecule has 10 heteroatoms. The van der Waals surface area contributed by atoms with Crippen LogP contribution in [0.5, 0.6) is 0 Å². The molecule has 0 bridgehead atoms. The van der Waals surface area contributed by atoms with Crippen LogP contribution in [-0.2, 0) is 17.1 Å². The van der Waals surface area contributed by atoms with E-state index in [1.165, 1.54) is 6.07 Å². The van der Waals surface area contributed by atoms with E-state index >= 15 is 0 Å². The summed E-state index contributed by atoms with van der Waals surface area (Å²) in [4.78, 5) is 13.9. The second-order valence-electron chi connectivity index (χ2n) is 3.77. The van der Waals surface area contributed by atoms with E-state index in [1.807, 2.05) is 0 Å². The van der Waals surface area contributed by atoms with Crippen molar-refractivity contribution in [3.63, 3.8) is 0 Å². The number of aryl methyl sites for hydroxylation is 1. The molecule has 0 radical (unpaired) electrons. The number of amides is 1. The topological polar surface area (TPSA) is 80.2 Å². The predicted octanol–water partition coefficient (Wildman–Crippen LogP) is 2.23. The van der Waals surface area contributed by atoms with E-state index in [4.69, 9.17) is 0 Å². The number of hydrazine groups is 1. The third-order valence-electron chi connectivity index (χ3n) is 2.32. The van der Waals surface area contributed by atoms with Crippen molar-refractivity contribution in [3.05, 3.63) is 38.3 Å². The van der Waals surface area contributed by atoms with Gasteiger partial charge in [0.15, 0.2) is 0 Å². The molecule has 2 aromatic heterocycles. The maximum atomic E-state index is 11.9. The van der Waals surface area contributed by atoms with E-state index in [1.54, 1.807) is 29.9 Å². The highest BCUT2D eigenvalue weighted by molar-refractivity contribution is 9.11. The fourth-order valence-electron chi connectivity index (χ4n) is 1.42. The Morgan fingerprint density at radius 1 is 1.35 bits per heavy atom.